The Kier molecular flexibility index (Phi) is 4.17. The van der Waals surface area contributed by atoms with Crippen LogP contribution in [0.25, 0.3) is 11.1 Å². The zero-order valence-corrected chi connectivity index (χ0v) is 12.2. The van der Waals surface area contributed by atoms with Crippen LogP contribution in [0.4, 0.5) is 0 Å². The molecule has 104 valence electrons. The molecule has 0 amide bonds. The number of nitrogens with one attached hydrogen (secondary N) is 1. The van der Waals surface area contributed by atoms with Crippen molar-refractivity contribution in [2.24, 2.45) is 0 Å². The molecule has 1 saturated carbocycles. The highest BCUT2D eigenvalue weighted by molar-refractivity contribution is 5.67. The van der Waals surface area contributed by atoms with E-state index < -0.39 is 0 Å². The first kappa shape index (κ1) is 13.4. The Bertz CT molecular complexity index is 552. The number of hydrogen-bond donors (Lipinski definition) is 1. The van der Waals surface area contributed by atoms with E-state index in [0.29, 0.717) is 0 Å². The maximum Gasteiger partial charge on any atom is 0.0214 e. The molecule has 1 fully saturated rings. The lowest BCUT2D eigenvalue weighted by atomic mass is 9.98. The number of hydrogen-bond acceptors (Lipinski definition) is 1. The van der Waals surface area contributed by atoms with E-state index in [-0.39, 0.29) is 0 Å². The standard InChI is InChI=1S/C19H23N/c1-2-5-15-8-10-16(11-9-15)19-7-4-3-6-17(19)14-20-18-12-13-18/h3-4,6-11,18,20H,2,5,12-14H2,1H3. The zero-order valence-electron chi connectivity index (χ0n) is 12.2. The molecule has 0 aliphatic heterocycles. The van der Waals surface area contributed by atoms with E-state index in [1.807, 2.05) is 0 Å². The summed E-state index contributed by atoms with van der Waals surface area (Å²) in [7, 11) is 0. The zero-order chi connectivity index (χ0) is 13.8. The summed E-state index contributed by atoms with van der Waals surface area (Å²) in [4.78, 5) is 0. The van der Waals surface area contributed by atoms with Crippen LogP contribution in [0, 0.1) is 0 Å². The van der Waals surface area contributed by atoms with Gasteiger partial charge in [-0.1, -0.05) is 61.9 Å². The molecule has 1 aliphatic carbocycles. The van der Waals surface area contributed by atoms with Gasteiger partial charge in [-0.05, 0) is 41.5 Å². The van der Waals surface area contributed by atoms with E-state index in [1.165, 1.54) is 47.9 Å². The Morgan fingerprint density at radius 2 is 1.75 bits per heavy atom. The molecule has 0 aromatic heterocycles. The Labute approximate surface area is 122 Å². The summed E-state index contributed by atoms with van der Waals surface area (Å²) in [5.74, 6) is 0. The van der Waals surface area contributed by atoms with E-state index in [0.717, 1.165) is 12.6 Å². The second kappa shape index (κ2) is 6.23. The summed E-state index contributed by atoms with van der Waals surface area (Å²) in [6.07, 6.45) is 5.06. The lowest BCUT2D eigenvalue weighted by Gasteiger charge is -2.11. The lowest BCUT2D eigenvalue weighted by Crippen LogP contribution is -2.15. The van der Waals surface area contributed by atoms with Crippen molar-refractivity contribution in [2.45, 2.75) is 45.2 Å². The molecule has 1 nitrogen and oxygen atoms in total. The highest BCUT2D eigenvalue weighted by Crippen LogP contribution is 2.26. The minimum atomic E-state index is 0.759. The summed E-state index contributed by atoms with van der Waals surface area (Å²) in [5.41, 5.74) is 5.54. The Hall–Kier alpha value is -1.60. The topological polar surface area (TPSA) is 12.0 Å². The number of aryl methyl sites for hydroxylation is 1. The third kappa shape index (κ3) is 3.29. The van der Waals surface area contributed by atoms with E-state index in [9.17, 15) is 0 Å². The Morgan fingerprint density at radius 3 is 2.45 bits per heavy atom. The summed E-state index contributed by atoms with van der Waals surface area (Å²) >= 11 is 0. The minimum absolute atomic E-state index is 0.759. The Balaban J connectivity index is 1.80. The molecule has 2 aromatic rings. The van der Waals surface area contributed by atoms with Gasteiger partial charge in [0.25, 0.3) is 0 Å². The van der Waals surface area contributed by atoms with Crippen LogP contribution in [-0.4, -0.2) is 6.04 Å². The van der Waals surface area contributed by atoms with Gasteiger partial charge in [0, 0.05) is 12.6 Å². The fourth-order valence-corrected chi connectivity index (χ4v) is 2.64. The molecule has 0 radical (unpaired) electrons. The summed E-state index contributed by atoms with van der Waals surface area (Å²) in [5, 5.41) is 3.61. The van der Waals surface area contributed by atoms with Gasteiger partial charge in [0.1, 0.15) is 0 Å². The predicted octanol–water partition coefficient (Wildman–Crippen LogP) is 4.56. The first-order chi connectivity index (χ1) is 9.86. The van der Waals surface area contributed by atoms with Crippen LogP contribution in [0.5, 0.6) is 0 Å². The van der Waals surface area contributed by atoms with Gasteiger partial charge < -0.3 is 5.32 Å². The first-order valence-electron chi connectivity index (χ1n) is 7.77. The number of rotatable bonds is 6. The van der Waals surface area contributed by atoms with Crippen LogP contribution in [0.3, 0.4) is 0 Å². The van der Waals surface area contributed by atoms with Crippen LogP contribution >= 0.6 is 0 Å². The van der Waals surface area contributed by atoms with E-state index in [4.69, 9.17) is 0 Å². The van der Waals surface area contributed by atoms with Crippen molar-refractivity contribution in [3.8, 4) is 11.1 Å². The van der Waals surface area contributed by atoms with E-state index in [2.05, 4.69) is 60.8 Å². The van der Waals surface area contributed by atoms with Crippen LogP contribution in [-0.2, 0) is 13.0 Å². The normalized spacial score (nSPS) is 14.4. The van der Waals surface area contributed by atoms with Gasteiger partial charge in [0.05, 0.1) is 0 Å². The SMILES string of the molecule is CCCc1ccc(-c2ccccc2CNC2CC2)cc1. The monoisotopic (exact) mass is 265 g/mol. The summed E-state index contributed by atoms with van der Waals surface area (Å²) in [6, 6.07) is 18.6. The van der Waals surface area contributed by atoms with Gasteiger partial charge >= 0.3 is 0 Å². The highest BCUT2D eigenvalue weighted by atomic mass is 14.9. The average Bonchev–Trinajstić information content (AvgIpc) is 3.31. The summed E-state index contributed by atoms with van der Waals surface area (Å²) in [6.45, 7) is 3.21. The van der Waals surface area contributed by atoms with E-state index in [1.54, 1.807) is 0 Å². The molecule has 0 atom stereocenters. The molecule has 0 saturated heterocycles. The molecule has 0 bridgehead atoms. The number of benzene rings is 2. The fraction of sp³-hybridized carbons (Fsp3) is 0.368. The van der Waals surface area contributed by atoms with Crippen molar-refractivity contribution in [3.63, 3.8) is 0 Å². The average molecular weight is 265 g/mol. The smallest absolute Gasteiger partial charge is 0.0214 e. The molecule has 2 aromatic carbocycles. The molecular weight excluding hydrogens is 242 g/mol. The first-order valence-corrected chi connectivity index (χ1v) is 7.77. The second-order valence-electron chi connectivity index (χ2n) is 5.76. The largest absolute Gasteiger partial charge is 0.310 e. The van der Waals surface area contributed by atoms with Crippen molar-refractivity contribution in [1.29, 1.82) is 0 Å². The minimum Gasteiger partial charge on any atom is -0.310 e. The highest BCUT2D eigenvalue weighted by Gasteiger charge is 2.20. The van der Waals surface area contributed by atoms with Crippen molar-refractivity contribution in [2.75, 3.05) is 0 Å². The molecule has 3 rings (SSSR count). The molecule has 1 N–H and O–H groups in total. The molecule has 0 heterocycles. The predicted molar refractivity (Wildman–Crippen MR) is 85.7 cm³/mol. The lowest BCUT2D eigenvalue weighted by molar-refractivity contribution is 0.689. The quantitative estimate of drug-likeness (QED) is 0.807. The third-order valence-electron chi connectivity index (χ3n) is 3.98. The van der Waals surface area contributed by atoms with Crippen molar-refractivity contribution in [1.82, 2.24) is 5.32 Å². The van der Waals surface area contributed by atoms with Gasteiger partial charge in [-0.15, -0.1) is 0 Å². The molecular formula is C19H23N. The molecule has 1 heteroatoms. The van der Waals surface area contributed by atoms with Crippen molar-refractivity contribution >= 4 is 0 Å². The van der Waals surface area contributed by atoms with Crippen LogP contribution in [0.1, 0.15) is 37.3 Å². The second-order valence-corrected chi connectivity index (χ2v) is 5.76. The van der Waals surface area contributed by atoms with Crippen LogP contribution in [0.15, 0.2) is 48.5 Å². The molecule has 1 aliphatic rings. The van der Waals surface area contributed by atoms with Gasteiger partial charge in [-0.3, -0.25) is 0 Å². The summed E-state index contributed by atoms with van der Waals surface area (Å²) < 4.78 is 0. The van der Waals surface area contributed by atoms with Crippen molar-refractivity contribution in [3.05, 3.63) is 59.7 Å². The maximum absolute atomic E-state index is 3.61. The van der Waals surface area contributed by atoms with Crippen LogP contribution < -0.4 is 5.32 Å². The van der Waals surface area contributed by atoms with Crippen LogP contribution in [0.2, 0.25) is 0 Å². The van der Waals surface area contributed by atoms with E-state index >= 15 is 0 Å². The molecule has 0 spiro atoms. The molecule has 20 heavy (non-hydrogen) atoms. The van der Waals surface area contributed by atoms with Crippen molar-refractivity contribution < 1.29 is 0 Å². The van der Waals surface area contributed by atoms with Gasteiger partial charge in [-0.25, -0.2) is 0 Å². The maximum atomic E-state index is 3.61. The van der Waals surface area contributed by atoms with Gasteiger partial charge in [-0.2, -0.15) is 0 Å². The fourth-order valence-electron chi connectivity index (χ4n) is 2.64. The van der Waals surface area contributed by atoms with Gasteiger partial charge in [0.15, 0.2) is 0 Å². The molecule has 0 unspecified atom stereocenters. The third-order valence-corrected chi connectivity index (χ3v) is 3.98. The van der Waals surface area contributed by atoms with Gasteiger partial charge in [0.2, 0.25) is 0 Å². The Morgan fingerprint density at radius 1 is 1.00 bits per heavy atom.